The van der Waals surface area contributed by atoms with Gasteiger partial charge in [0.25, 0.3) is 0 Å². The van der Waals surface area contributed by atoms with Crippen molar-refractivity contribution in [2.24, 2.45) is 0 Å². The smallest absolute Gasteiger partial charge is 0.462 e. The van der Waals surface area contributed by atoms with Crippen LogP contribution in [0.5, 0.6) is 0 Å². The number of unbranched alkanes of at least 4 members (excludes halogenated alkanes) is 25. The molecule has 0 fully saturated rings. The molecule has 3 atom stereocenters. The number of carbonyl (C=O) groups is 3. The summed E-state index contributed by atoms with van der Waals surface area (Å²) in [6, 6.07) is 0. The van der Waals surface area contributed by atoms with Crippen molar-refractivity contribution in [3.05, 3.63) is 85.1 Å². The van der Waals surface area contributed by atoms with Gasteiger partial charge in [-0.05, 0) is 116 Å². The number of rotatable bonds is 56. The van der Waals surface area contributed by atoms with Crippen molar-refractivity contribution in [2.75, 3.05) is 26.4 Å². The molecule has 0 saturated heterocycles. The van der Waals surface area contributed by atoms with Crippen molar-refractivity contribution in [3.8, 4) is 0 Å². The van der Waals surface area contributed by atoms with E-state index in [1.807, 2.05) is 0 Å². The third kappa shape index (κ3) is 55.4. The Morgan fingerprint density at radius 3 is 1.08 bits per heavy atom. The minimum Gasteiger partial charge on any atom is -0.462 e. The Morgan fingerprint density at radius 1 is 0.382 bits per heavy atom. The first-order valence-electron chi connectivity index (χ1n) is 30.5. The zero-order chi connectivity index (χ0) is 55.5. The van der Waals surface area contributed by atoms with Gasteiger partial charge in [0, 0.05) is 19.3 Å². The fourth-order valence-corrected chi connectivity index (χ4v) is 8.92. The lowest BCUT2D eigenvalue weighted by Gasteiger charge is -2.21. The second-order valence-electron chi connectivity index (χ2n) is 20.1. The molecule has 76 heavy (non-hydrogen) atoms. The fraction of sp³-hybridized carbons (Fsp3) is 0.734. The van der Waals surface area contributed by atoms with E-state index in [1.54, 1.807) is 0 Å². The summed E-state index contributed by atoms with van der Waals surface area (Å²) in [4.78, 5) is 48.6. The van der Waals surface area contributed by atoms with Crippen molar-refractivity contribution < 1.29 is 52.2 Å². The molecule has 0 bridgehead atoms. The maximum atomic E-state index is 12.9. The Morgan fingerprint density at radius 2 is 0.684 bits per heavy atom. The number of hydrogen-bond acceptors (Lipinski definition) is 10. The van der Waals surface area contributed by atoms with Gasteiger partial charge in [0.15, 0.2) is 6.10 Å². The van der Waals surface area contributed by atoms with E-state index in [4.69, 9.17) is 23.3 Å². The summed E-state index contributed by atoms with van der Waals surface area (Å²) in [6.45, 7) is 4.48. The average Bonchev–Trinajstić information content (AvgIpc) is 3.41. The molecular weight excluding hydrogens is 976 g/mol. The molecule has 438 valence electrons. The molecule has 0 spiro atoms. The molecule has 11 nitrogen and oxygen atoms in total. The summed E-state index contributed by atoms with van der Waals surface area (Å²) in [5.41, 5.74) is 0. The van der Waals surface area contributed by atoms with Gasteiger partial charge in [-0.25, -0.2) is 4.57 Å². The molecule has 0 aliphatic heterocycles. The predicted octanol–water partition coefficient (Wildman–Crippen LogP) is 18.3. The first kappa shape index (κ1) is 72.7. The Labute approximate surface area is 464 Å². The zero-order valence-corrected chi connectivity index (χ0v) is 49.3. The number of aliphatic hydroxyl groups is 1. The topological polar surface area (TPSA) is 155 Å². The van der Waals surface area contributed by atoms with Gasteiger partial charge in [0.1, 0.15) is 12.7 Å². The molecule has 0 aromatic rings. The highest BCUT2D eigenvalue weighted by Crippen LogP contribution is 2.43. The quantitative estimate of drug-likeness (QED) is 0.0197. The Hall–Kier alpha value is -3.34. The SMILES string of the molecule is CC/C=C\C/C=C\C/C=C\C/C=C\C/C=C\CCCCCC(=O)OC(COC(=O)CCCCCCC/C=C\CCCCCCCC)COP(=O)(O)OCC(CO)OC(=O)CCCCCCC/C=C\CCCCCCCC. The summed E-state index contributed by atoms with van der Waals surface area (Å²) < 4.78 is 39.6. The van der Waals surface area contributed by atoms with Gasteiger partial charge >= 0.3 is 25.7 Å². The third-order valence-electron chi connectivity index (χ3n) is 12.8. The van der Waals surface area contributed by atoms with Crippen LogP contribution in [0, 0.1) is 0 Å². The number of phosphoric ester groups is 1. The van der Waals surface area contributed by atoms with E-state index in [-0.39, 0.29) is 25.9 Å². The minimum absolute atomic E-state index is 0.124. The van der Waals surface area contributed by atoms with Gasteiger partial charge < -0.3 is 24.2 Å². The molecule has 0 aromatic heterocycles. The first-order chi connectivity index (χ1) is 37.2. The molecule has 0 amide bonds. The highest BCUT2D eigenvalue weighted by Gasteiger charge is 2.28. The number of esters is 3. The molecule has 0 radical (unpaired) electrons. The second-order valence-corrected chi connectivity index (χ2v) is 21.6. The Balaban J connectivity index is 4.79. The van der Waals surface area contributed by atoms with Crippen molar-refractivity contribution >= 4 is 25.7 Å². The lowest BCUT2D eigenvalue weighted by atomic mass is 10.1. The number of aliphatic hydroxyl groups excluding tert-OH is 1. The van der Waals surface area contributed by atoms with Crippen LogP contribution in [-0.2, 0) is 42.2 Å². The van der Waals surface area contributed by atoms with Crippen LogP contribution in [0.4, 0.5) is 0 Å². The molecule has 0 aliphatic rings. The molecular formula is C64H111O11P. The van der Waals surface area contributed by atoms with E-state index in [0.717, 1.165) is 128 Å². The number of hydrogen-bond donors (Lipinski definition) is 2. The molecule has 3 unspecified atom stereocenters. The summed E-state index contributed by atoms with van der Waals surface area (Å²) in [5, 5.41) is 9.83. The molecule has 2 N–H and O–H groups in total. The molecule has 0 aliphatic carbocycles. The highest BCUT2D eigenvalue weighted by molar-refractivity contribution is 7.47. The molecule has 0 rings (SSSR count). The van der Waals surface area contributed by atoms with E-state index < -0.39 is 57.8 Å². The van der Waals surface area contributed by atoms with Crippen molar-refractivity contribution in [3.63, 3.8) is 0 Å². The Bertz CT molecular complexity index is 1600. The average molecular weight is 1090 g/mol. The van der Waals surface area contributed by atoms with E-state index >= 15 is 0 Å². The zero-order valence-electron chi connectivity index (χ0n) is 48.5. The van der Waals surface area contributed by atoms with Crippen LogP contribution in [0.15, 0.2) is 85.1 Å². The van der Waals surface area contributed by atoms with E-state index in [9.17, 15) is 28.9 Å². The Kier molecular flexibility index (Phi) is 55.3. The summed E-state index contributed by atoms with van der Waals surface area (Å²) >= 11 is 0. The first-order valence-corrected chi connectivity index (χ1v) is 32.0. The van der Waals surface area contributed by atoms with Crippen molar-refractivity contribution in [1.29, 1.82) is 0 Å². The summed E-state index contributed by atoms with van der Waals surface area (Å²) in [5.74, 6) is -1.52. The van der Waals surface area contributed by atoms with Crippen LogP contribution in [-0.4, -0.2) is 66.5 Å². The minimum atomic E-state index is -4.77. The van der Waals surface area contributed by atoms with E-state index in [1.165, 1.54) is 77.0 Å². The fourth-order valence-electron chi connectivity index (χ4n) is 8.14. The summed E-state index contributed by atoms with van der Waals surface area (Å²) in [6.07, 6.45) is 66.8. The molecule has 0 aromatic carbocycles. The van der Waals surface area contributed by atoms with Crippen LogP contribution in [0.1, 0.15) is 265 Å². The second kappa shape index (κ2) is 57.8. The number of ether oxygens (including phenoxy) is 3. The van der Waals surface area contributed by atoms with Gasteiger partial charge in [0.05, 0.1) is 19.8 Å². The van der Waals surface area contributed by atoms with Gasteiger partial charge in [-0.1, -0.05) is 215 Å². The number of carbonyl (C=O) groups excluding carboxylic acids is 3. The van der Waals surface area contributed by atoms with Crippen molar-refractivity contribution in [1.82, 2.24) is 0 Å². The maximum Gasteiger partial charge on any atom is 0.472 e. The molecule has 0 heterocycles. The lowest BCUT2D eigenvalue weighted by Crippen LogP contribution is -2.30. The maximum absolute atomic E-state index is 12.9. The monoisotopic (exact) mass is 1090 g/mol. The highest BCUT2D eigenvalue weighted by atomic mass is 31.2. The van der Waals surface area contributed by atoms with E-state index in [0.29, 0.717) is 19.3 Å². The number of phosphoric acid groups is 1. The third-order valence-corrected chi connectivity index (χ3v) is 13.7. The van der Waals surface area contributed by atoms with Gasteiger partial charge in [-0.3, -0.25) is 23.4 Å². The molecule has 0 saturated carbocycles. The predicted molar refractivity (Wildman–Crippen MR) is 316 cm³/mol. The van der Waals surface area contributed by atoms with Gasteiger partial charge in [-0.15, -0.1) is 0 Å². The van der Waals surface area contributed by atoms with Crippen LogP contribution in [0.3, 0.4) is 0 Å². The van der Waals surface area contributed by atoms with Crippen LogP contribution in [0.25, 0.3) is 0 Å². The van der Waals surface area contributed by atoms with Crippen LogP contribution in [0.2, 0.25) is 0 Å². The lowest BCUT2D eigenvalue weighted by molar-refractivity contribution is -0.161. The summed E-state index contributed by atoms with van der Waals surface area (Å²) in [7, 11) is -4.77. The van der Waals surface area contributed by atoms with Crippen LogP contribution >= 0.6 is 7.82 Å². The van der Waals surface area contributed by atoms with Crippen LogP contribution < -0.4 is 0 Å². The molecule has 12 heteroatoms. The van der Waals surface area contributed by atoms with Gasteiger partial charge in [0.2, 0.25) is 0 Å². The van der Waals surface area contributed by atoms with Crippen molar-refractivity contribution in [2.45, 2.75) is 277 Å². The number of allylic oxidation sites excluding steroid dienone is 14. The standard InChI is InChI=1S/C64H111O11P/c1-4-7-10-13-16-19-22-25-28-29-30-31-34-37-40-43-46-49-52-55-64(68)75-61(57-71-62(66)53-50-47-44-41-38-35-32-26-23-20-17-14-11-8-5-2)59-73-76(69,70)72-58-60(56-65)74-63(67)54-51-48-45-42-39-36-33-27-24-21-18-15-12-9-6-3/h7,10,16,19,25-28,30-33,37,40,60-61,65H,4-6,8-9,11-15,17-18,20-24,29,34-36,38-39,41-59H2,1-3H3,(H,69,70)/b10-7-,19-16-,28-25-,31-30-,32-26-,33-27-,40-37-. The van der Waals surface area contributed by atoms with Gasteiger partial charge in [-0.2, -0.15) is 0 Å². The normalized spacial score (nSPS) is 13.9. The largest absolute Gasteiger partial charge is 0.472 e. The van der Waals surface area contributed by atoms with E-state index in [2.05, 4.69) is 106 Å².